The molecule has 0 saturated heterocycles. The molecule has 2 N–H and O–H groups in total. The number of hydrogen-bond donors (Lipinski definition) is 2. The first kappa shape index (κ1) is 19.2. The molecule has 0 bridgehead atoms. The average molecular weight is 409 g/mol. The number of nitrogens with one attached hydrogen (secondary N) is 2. The van der Waals surface area contributed by atoms with Crippen molar-refractivity contribution in [2.75, 3.05) is 17.5 Å². The minimum Gasteiger partial charge on any atom is -0.278 e. The van der Waals surface area contributed by atoms with Crippen molar-refractivity contribution >= 4 is 48.7 Å². The Kier molecular flexibility index (Phi) is 5.92. The number of benzene rings is 1. The number of sulfonamides is 2. The van der Waals surface area contributed by atoms with Crippen molar-refractivity contribution in [3.63, 3.8) is 0 Å². The van der Waals surface area contributed by atoms with E-state index in [2.05, 4.69) is 9.44 Å². The van der Waals surface area contributed by atoms with Crippen LogP contribution < -0.4 is 9.44 Å². The van der Waals surface area contributed by atoms with Crippen LogP contribution in [0.5, 0.6) is 0 Å². The molecule has 0 radical (unpaired) electrons. The number of anilines is 1. The van der Waals surface area contributed by atoms with Crippen LogP contribution in [0.4, 0.5) is 5.69 Å². The van der Waals surface area contributed by atoms with E-state index < -0.39 is 20.0 Å². The molecule has 2 aromatic rings. The Labute approximate surface area is 151 Å². The first-order valence-electron chi connectivity index (χ1n) is 6.89. The maximum absolute atomic E-state index is 12.6. The third-order valence-corrected chi connectivity index (χ3v) is 6.84. The van der Waals surface area contributed by atoms with Gasteiger partial charge in [-0.1, -0.05) is 17.7 Å². The Morgan fingerprint density at radius 2 is 1.88 bits per heavy atom. The second-order valence-corrected chi connectivity index (χ2v) is 10.0. The average Bonchev–Trinajstić information content (AvgIpc) is 2.87. The van der Waals surface area contributed by atoms with Crippen LogP contribution >= 0.6 is 22.9 Å². The van der Waals surface area contributed by atoms with Crippen LogP contribution in [0.2, 0.25) is 5.02 Å². The molecule has 0 aliphatic rings. The van der Waals surface area contributed by atoms with Crippen LogP contribution in [0.1, 0.15) is 10.4 Å². The van der Waals surface area contributed by atoms with Crippen molar-refractivity contribution in [3.05, 3.63) is 45.1 Å². The topological polar surface area (TPSA) is 92.3 Å². The monoisotopic (exact) mass is 408 g/mol. The van der Waals surface area contributed by atoms with Crippen molar-refractivity contribution in [2.24, 2.45) is 0 Å². The van der Waals surface area contributed by atoms with Crippen molar-refractivity contribution in [2.45, 2.75) is 18.2 Å². The lowest BCUT2D eigenvalue weighted by molar-refractivity contribution is 0.587. The Morgan fingerprint density at radius 1 is 1.17 bits per heavy atom. The number of thiophene rings is 1. The summed E-state index contributed by atoms with van der Waals surface area (Å²) in [6.45, 7) is 1.84. The van der Waals surface area contributed by atoms with Gasteiger partial charge in [-0.15, -0.1) is 11.3 Å². The van der Waals surface area contributed by atoms with E-state index in [0.29, 0.717) is 22.7 Å². The third-order valence-electron chi connectivity index (χ3n) is 3.21. The summed E-state index contributed by atoms with van der Waals surface area (Å²) in [5.41, 5.74) is 0.914. The molecular weight excluding hydrogens is 392 g/mol. The summed E-state index contributed by atoms with van der Waals surface area (Å²) >= 11 is 7.34. The Balaban J connectivity index is 2.19. The van der Waals surface area contributed by atoms with Gasteiger partial charge in [-0.25, -0.2) is 21.6 Å². The Bertz CT molecular complexity index is 937. The lowest BCUT2D eigenvalue weighted by atomic mass is 10.2. The zero-order valence-corrected chi connectivity index (χ0v) is 16.2. The van der Waals surface area contributed by atoms with Gasteiger partial charge in [0.15, 0.2) is 0 Å². The summed E-state index contributed by atoms with van der Waals surface area (Å²) in [5, 5.41) is 2.12. The van der Waals surface area contributed by atoms with E-state index in [4.69, 9.17) is 11.6 Å². The van der Waals surface area contributed by atoms with Gasteiger partial charge in [0.2, 0.25) is 10.0 Å². The van der Waals surface area contributed by atoms with E-state index in [0.717, 1.165) is 11.1 Å². The fourth-order valence-corrected chi connectivity index (χ4v) is 5.02. The first-order chi connectivity index (χ1) is 11.1. The van der Waals surface area contributed by atoms with Gasteiger partial charge >= 0.3 is 0 Å². The van der Waals surface area contributed by atoms with Gasteiger partial charge in [0.05, 0.1) is 16.8 Å². The predicted octanol–water partition coefficient (Wildman–Crippen LogP) is 2.60. The van der Waals surface area contributed by atoms with Gasteiger partial charge in [-0.2, -0.15) is 0 Å². The third kappa shape index (κ3) is 4.93. The molecule has 0 fully saturated rings. The fourth-order valence-electron chi connectivity index (χ4n) is 2.05. The molecule has 2 rings (SSSR count). The van der Waals surface area contributed by atoms with E-state index in [1.807, 2.05) is 0 Å². The molecule has 0 aliphatic heterocycles. The highest BCUT2D eigenvalue weighted by molar-refractivity contribution is 7.92. The number of halogens is 1. The van der Waals surface area contributed by atoms with Crippen molar-refractivity contribution in [1.82, 2.24) is 4.72 Å². The quantitative estimate of drug-likeness (QED) is 0.736. The lowest BCUT2D eigenvalue weighted by Crippen LogP contribution is -2.24. The highest BCUT2D eigenvalue weighted by Crippen LogP contribution is 2.28. The van der Waals surface area contributed by atoms with Gasteiger partial charge < -0.3 is 0 Å². The minimum atomic E-state index is -3.78. The van der Waals surface area contributed by atoms with Gasteiger partial charge in [0.25, 0.3) is 10.0 Å². The largest absolute Gasteiger partial charge is 0.278 e. The summed E-state index contributed by atoms with van der Waals surface area (Å²) in [6, 6.07) is 6.34. The molecule has 10 heteroatoms. The van der Waals surface area contributed by atoms with E-state index in [1.165, 1.54) is 17.4 Å². The number of hydrogen-bond acceptors (Lipinski definition) is 5. The standard InChI is InChI=1S/C14H17ClN2O4S3/c1-10-11(15)4-3-5-14(10)24(20,21)17-12-7-9-22-13(12)6-8-16-23(2,18)19/h3-5,7,9,16-17H,6,8H2,1-2H3. The molecule has 0 atom stereocenters. The summed E-state index contributed by atoms with van der Waals surface area (Å²) in [7, 11) is -7.06. The zero-order valence-electron chi connectivity index (χ0n) is 13.0. The molecular formula is C14H17ClN2O4S3. The molecule has 0 amide bonds. The lowest BCUT2D eigenvalue weighted by Gasteiger charge is -2.12. The second-order valence-electron chi connectivity index (χ2n) is 5.14. The smallest absolute Gasteiger partial charge is 0.262 e. The van der Waals surface area contributed by atoms with E-state index in [1.54, 1.807) is 30.5 Å². The molecule has 0 aliphatic carbocycles. The summed E-state index contributed by atoms with van der Waals surface area (Å²) in [5.74, 6) is 0. The maximum atomic E-state index is 12.6. The Hall–Kier alpha value is -1.13. The Morgan fingerprint density at radius 3 is 2.54 bits per heavy atom. The fraction of sp³-hybridized carbons (Fsp3) is 0.286. The molecule has 0 unspecified atom stereocenters. The van der Waals surface area contributed by atoms with Crippen LogP contribution in [0.3, 0.4) is 0 Å². The summed E-state index contributed by atoms with van der Waals surface area (Å²) < 4.78 is 52.3. The van der Waals surface area contributed by atoms with E-state index in [-0.39, 0.29) is 11.4 Å². The maximum Gasteiger partial charge on any atom is 0.262 e. The molecule has 6 nitrogen and oxygen atoms in total. The van der Waals surface area contributed by atoms with Gasteiger partial charge in [-0.3, -0.25) is 4.72 Å². The SMILES string of the molecule is Cc1c(Cl)cccc1S(=O)(=O)Nc1ccsc1CCNS(C)(=O)=O. The van der Waals surface area contributed by atoms with Crippen LogP contribution in [0.15, 0.2) is 34.5 Å². The number of rotatable bonds is 7. The van der Waals surface area contributed by atoms with Crippen molar-refractivity contribution < 1.29 is 16.8 Å². The summed E-state index contributed by atoms with van der Waals surface area (Å²) in [6.07, 6.45) is 1.46. The summed E-state index contributed by atoms with van der Waals surface area (Å²) in [4.78, 5) is 0.857. The van der Waals surface area contributed by atoms with Crippen LogP contribution in [0, 0.1) is 6.92 Å². The highest BCUT2D eigenvalue weighted by atomic mass is 35.5. The van der Waals surface area contributed by atoms with Crippen molar-refractivity contribution in [3.8, 4) is 0 Å². The predicted molar refractivity (Wildman–Crippen MR) is 97.9 cm³/mol. The van der Waals surface area contributed by atoms with Gasteiger partial charge in [-0.05, 0) is 42.5 Å². The molecule has 1 aromatic heterocycles. The second kappa shape index (κ2) is 7.40. The van der Waals surface area contributed by atoms with Gasteiger partial charge in [0, 0.05) is 16.4 Å². The molecule has 1 aromatic carbocycles. The van der Waals surface area contributed by atoms with Crippen LogP contribution in [-0.2, 0) is 26.5 Å². The highest BCUT2D eigenvalue weighted by Gasteiger charge is 2.20. The van der Waals surface area contributed by atoms with E-state index >= 15 is 0 Å². The van der Waals surface area contributed by atoms with Crippen LogP contribution in [0.25, 0.3) is 0 Å². The minimum absolute atomic E-state index is 0.112. The normalized spacial score (nSPS) is 12.3. The molecule has 1 heterocycles. The molecule has 0 spiro atoms. The molecule has 0 saturated carbocycles. The van der Waals surface area contributed by atoms with Gasteiger partial charge in [0.1, 0.15) is 0 Å². The first-order valence-corrected chi connectivity index (χ1v) is 11.5. The van der Waals surface area contributed by atoms with Crippen LogP contribution in [-0.4, -0.2) is 29.6 Å². The molecule has 24 heavy (non-hydrogen) atoms. The van der Waals surface area contributed by atoms with E-state index in [9.17, 15) is 16.8 Å². The zero-order chi connectivity index (χ0) is 18.0. The van der Waals surface area contributed by atoms with Crippen molar-refractivity contribution in [1.29, 1.82) is 0 Å². The molecule has 132 valence electrons.